The SMILES string of the molecule is O=C(Nc1ncc(Cl)s1)C1CNC1. The number of carbonyl (C=O) groups is 1. The first-order valence-corrected chi connectivity index (χ1v) is 5.08. The number of nitrogens with zero attached hydrogens (tertiary/aromatic N) is 1. The lowest BCUT2D eigenvalue weighted by Crippen LogP contribution is -2.48. The molecule has 70 valence electrons. The summed E-state index contributed by atoms with van der Waals surface area (Å²) in [5.41, 5.74) is 0. The summed E-state index contributed by atoms with van der Waals surface area (Å²) in [5.74, 6) is 0.104. The molecule has 0 aromatic carbocycles. The molecular weight excluding hydrogens is 210 g/mol. The highest BCUT2D eigenvalue weighted by molar-refractivity contribution is 7.19. The summed E-state index contributed by atoms with van der Waals surface area (Å²) in [7, 11) is 0. The zero-order chi connectivity index (χ0) is 9.26. The number of hydrogen-bond acceptors (Lipinski definition) is 4. The molecule has 4 nitrogen and oxygen atoms in total. The van der Waals surface area contributed by atoms with E-state index in [0.717, 1.165) is 13.1 Å². The molecule has 0 unspecified atom stereocenters. The Hall–Kier alpha value is -0.650. The van der Waals surface area contributed by atoms with Crippen LogP contribution in [0.4, 0.5) is 5.13 Å². The van der Waals surface area contributed by atoms with E-state index < -0.39 is 0 Å². The Morgan fingerprint density at radius 3 is 3.00 bits per heavy atom. The van der Waals surface area contributed by atoms with Crippen molar-refractivity contribution in [2.75, 3.05) is 18.4 Å². The van der Waals surface area contributed by atoms with Gasteiger partial charge in [0.2, 0.25) is 5.91 Å². The van der Waals surface area contributed by atoms with Crippen molar-refractivity contribution in [2.24, 2.45) is 5.92 Å². The van der Waals surface area contributed by atoms with Gasteiger partial charge in [0.15, 0.2) is 5.13 Å². The third kappa shape index (κ3) is 1.99. The Bertz CT molecular complexity index is 323. The highest BCUT2D eigenvalue weighted by Crippen LogP contribution is 2.23. The van der Waals surface area contributed by atoms with Gasteiger partial charge in [-0.05, 0) is 0 Å². The third-order valence-corrected chi connectivity index (χ3v) is 2.89. The largest absolute Gasteiger partial charge is 0.315 e. The molecule has 2 N–H and O–H groups in total. The monoisotopic (exact) mass is 217 g/mol. The van der Waals surface area contributed by atoms with E-state index in [1.54, 1.807) is 0 Å². The molecule has 0 saturated carbocycles. The van der Waals surface area contributed by atoms with Crippen molar-refractivity contribution in [1.82, 2.24) is 10.3 Å². The van der Waals surface area contributed by atoms with Crippen LogP contribution in [0, 0.1) is 5.92 Å². The Morgan fingerprint density at radius 1 is 1.77 bits per heavy atom. The first-order valence-electron chi connectivity index (χ1n) is 3.88. The van der Waals surface area contributed by atoms with E-state index in [9.17, 15) is 4.79 Å². The smallest absolute Gasteiger partial charge is 0.231 e. The molecule has 2 heterocycles. The van der Waals surface area contributed by atoms with Gasteiger partial charge in [0.1, 0.15) is 4.34 Å². The molecule has 1 aromatic rings. The van der Waals surface area contributed by atoms with Crippen LogP contribution in [0.25, 0.3) is 0 Å². The minimum atomic E-state index is 0.0183. The summed E-state index contributed by atoms with van der Waals surface area (Å²) in [6, 6.07) is 0. The van der Waals surface area contributed by atoms with Crippen LogP contribution in [0.3, 0.4) is 0 Å². The summed E-state index contributed by atoms with van der Waals surface area (Å²) in [6.45, 7) is 1.51. The number of aromatic nitrogens is 1. The van der Waals surface area contributed by atoms with Crippen molar-refractivity contribution in [3.05, 3.63) is 10.5 Å². The number of carbonyl (C=O) groups excluding carboxylic acids is 1. The fourth-order valence-electron chi connectivity index (χ4n) is 0.994. The van der Waals surface area contributed by atoms with E-state index in [0.29, 0.717) is 9.47 Å². The van der Waals surface area contributed by atoms with Crippen molar-refractivity contribution in [3.8, 4) is 0 Å². The molecule has 0 bridgehead atoms. The van der Waals surface area contributed by atoms with Crippen molar-refractivity contribution in [3.63, 3.8) is 0 Å². The zero-order valence-corrected chi connectivity index (χ0v) is 8.28. The maximum absolute atomic E-state index is 11.4. The molecule has 0 spiro atoms. The van der Waals surface area contributed by atoms with Crippen LogP contribution >= 0.6 is 22.9 Å². The lowest BCUT2D eigenvalue weighted by atomic mass is 10.0. The van der Waals surface area contributed by atoms with Gasteiger partial charge in [-0.1, -0.05) is 22.9 Å². The van der Waals surface area contributed by atoms with Crippen molar-refractivity contribution in [2.45, 2.75) is 0 Å². The molecule has 0 atom stereocenters. The van der Waals surface area contributed by atoms with Crippen molar-refractivity contribution in [1.29, 1.82) is 0 Å². The zero-order valence-electron chi connectivity index (χ0n) is 6.71. The van der Waals surface area contributed by atoms with E-state index in [-0.39, 0.29) is 11.8 Å². The second-order valence-electron chi connectivity index (χ2n) is 2.81. The highest BCUT2D eigenvalue weighted by Gasteiger charge is 2.25. The van der Waals surface area contributed by atoms with Gasteiger partial charge in [0, 0.05) is 13.1 Å². The van der Waals surface area contributed by atoms with Crippen LogP contribution in [-0.4, -0.2) is 24.0 Å². The summed E-state index contributed by atoms with van der Waals surface area (Å²) in [5, 5.41) is 6.31. The molecule has 1 saturated heterocycles. The molecule has 1 aliphatic heterocycles. The maximum Gasteiger partial charge on any atom is 0.231 e. The lowest BCUT2D eigenvalue weighted by molar-refractivity contribution is -0.121. The minimum absolute atomic E-state index is 0.0183. The second-order valence-corrected chi connectivity index (χ2v) is 4.48. The number of hydrogen-bond donors (Lipinski definition) is 2. The Labute approximate surface area is 84.3 Å². The molecule has 1 aliphatic rings. The van der Waals surface area contributed by atoms with Crippen LogP contribution in [0.1, 0.15) is 0 Å². The van der Waals surface area contributed by atoms with Crippen molar-refractivity contribution >= 4 is 34.0 Å². The fourth-order valence-corrected chi connectivity index (χ4v) is 1.81. The summed E-state index contributed by atoms with van der Waals surface area (Å²) in [6.07, 6.45) is 1.53. The Morgan fingerprint density at radius 2 is 2.54 bits per heavy atom. The van der Waals surface area contributed by atoms with Gasteiger partial charge >= 0.3 is 0 Å². The van der Waals surface area contributed by atoms with Gasteiger partial charge in [0.05, 0.1) is 12.1 Å². The lowest BCUT2D eigenvalue weighted by Gasteiger charge is -2.25. The van der Waals surface area contributed by atoms with Gasteiger partial charge in [-0.25, -0.2) is 4.98 Å². The molecule has 1 aromatic heterocycles. The summed E-state index contributed by atoms with van der Waals surface area (Å²) < 4.78 is 0.585. The molecule has 1 amide bonds. The van der Waals surface area contributed by atoms with Crippen molar-refractivity contribution < 1.29 is 4.79 Å². The minimum Gasteiger partial charge on any atom is -0.315 e. The predicted octanol–water partition coefficient (Wildman–Crippen LogP) is 0.954. The van der Waals surface area contributed by atoms with Gasteiger partial charge in [-0.2, -0.15) is 0 Å². The summed E-state index contributed by atoms with van der Waals surface area (Å²) in [4.78, 5) is 15.3. The molecular formula is C7H8ClN3OS. The molecule has 2 rings (SSSR count). The quantitative estimate of drug-likeness (QED) is 0.776. The summed E-state index contributed by atoms with van der Waals surface area (Å²) >= 11 is 6.93. The Kier molecular flexibility index (Phi) is 2.48. The third-order valence-electron chi connectivity index (χ3n) is 1.86. The van der Waals surface area contributed by atoms with Gasteiger partial charge in [-0.3, -0.25) is 4.79 Å². The molecule has 13 heavy (non-hydrogen) atoms. The van der Waals surface area contributed by atoms with E-state index >= 15 is 0 Å². The molecule has 6 heteroatoms. The van der Waals surface area contributed by atoms with Gasteiger partial charge in [0.25, 0.3) is 0 Å². The van der Waals surface area contributed by atoms with E-state index in [2.05, 4.69) is 15.6 Å². The average Bonchev–Trinajstić information content (AvgIpc) is 2.31. The number of anilines is 1. The van der Waals surface area contributed by atoms with Gasteiger partial charge < -0.3 is 10.6 Å². The van der Waals surface area contributed by atoms with E-state index in [1.165, 1.54) is 17.5 Å². The Balaban J connectivity index is 1.93. The number of halogens is 1. The molecule has 0 aliphatic carbocycles. The number of amides is 1. The van der Waals surface area contributed by atoms with Crippen LogP contribution in [-0.2, 0) is 4.79 Å². The number of nitrogens with one attached hydrogen (secondary N) is 2. The van der Waals surface area contributed by atoms with E-state index in [4.69, 9.17) is 11.6 Å². The van der Waals surface area contributed by atoms with Crippen LogP contribution in [0.5, 0.6) is 0 Å². The highest BCUT2D eigenvalue weighted by atomic mass is 35.5. The topological polar surface area (TPSA) is 54.0 Å². The van der Waals surface area contributed by atoms with Crippen LogP contribution < -0.4 is 10.6 Å². The average molecular weight is 218 g/mol. The molecule has 1 fully saturated rings. The predicted molar refractivity (Wildman–Crippen MR) is 52.1 cm³/mol. The standard InChI is InChI=1S/C7H8ClN3OS/c8-5-3-10-7(13-5)11-6(12)4-1-9-2-4/h3-4,9H,1-2H2,(H,10,11,12). The fraction of sp³-hybridized carbons (Fsp3) is 0.429. The van der Waals surface area contributed by atoms with E-state index in [1.807, 2.05) is 0 Å². The number of rotatable bonds is 2. The maximum atomic E-state index is 11.4. The second kappa shape index (κ2) is 3.61. The van der Waals surface area contributed by atoms with Crippen LogP contribution in [0.2, 0.25) is 4.34 Å². The normalized spacial score (nSPS) is 16.7. The van der Waals surface area contributed by atoms with Gasteiger partial charge in [-0.15, -0.1) is 0 Å². The number of thiazole rings is 1. The molecule has 0 radical (unpaired) electrons. The first kappa shape index (κ1) is 8.93. The first-order chi connectivity index (χ1) is 6.25. The van der Waals surface area contributed by atoms with Crippen LogP contribution in [0.15, 0.2) is 6.20 Å².